The van der Waals surface area contributed by atoms with Crippen LogP contribution < -0.4 is 5.32 Å². The minimum atomic E-state index is -0.468. The smallest absolute Gasteiger partial charge is 0.146 e. The number of pyridine rings is 1. The number of nitrogens with one attached hydrogen (secondary N) is 1. The Bertz CT molecular complexity index is 605. The van der Waals surface area contributed by atoms with E-state index in [9.17, 15) is 8.78 Å². The van der Waals surface area contributed by atoms with Crippen LogP contribution in [-0.4, -0.2) is 11.5 Å². The van der Waals surface area contributed by atoms with Crippen molar-refractivity contribution >= 4 is 11.6 Å². The zero-order valence-electron chi connectivity index (χ0n) is 11.7. The summed E-state index contributed by atoms with van der Waals surface area (Å²) in [7, 11) is 0. The van der Waals surface area contributed by atoms with E-state index < -0.39 is 5.82 Å². The molecule has 5 heteroatoms. The first-order valence-corrected chi connectivity index (χ1v) is 7.28. The van der Waals surface area contributed by atoms with Crippen molar-refractivity contribution in [1.29, 1.82) is 0 Å². The van der Waals surface area contributed by atoms with Gasteiger partial charge in [-0.15, -0.1) is 0 Å². The van der Waals surface area contributed by atoms with E-state index in [1.54, 1.807) is 24.4 Å². The number of benzene rings is 1. The van der Waals surface area contributed by atoms with E-state index in [4.69, 9.17) is 11.6 Å². The van der Waals surface area contributed by atoms with E-state index in [-0.39, 0.29) is 16.9 Å². The molecule has 1 atom stereocenters. The SMILES string of the molecule is CCCNC(Cc1cccc(F)c1Cl)c1ncccc1F. The molecule has 0 aliphatic rings. The summed E-state index contributed by atoms with van der Waals surface area (Å²) in [5.74, 6) is -0.844. The van der Waals surface area contributed by atoms with Crippen molar-refractivity contribution in [3.8, 4) is 0 Å². The predicted molar refractivity (Wildman–Crippen MR) is 80.3 cm³/mol. The van der Waals surface area contributed by atoms with Crippen LogP contribution in [0.15, 0.2) is 36.5 Å². The lowest BCUT2D eigenvalue weighted by Crippen LogP contribution is -2.26. The topological polar surface area (TPSA) is 24.9 Å². The quantitative estimate of drug-likeness (QED) is 0.860. The fourth-order valence-electron chi connectivity index (χ4n) is 2.16. The summed E-state index contributed by atoms with van der Waals surface area (Å²) >= 11 is 5.98. The highest BCUT2D eigenvalue weighted by molar-refractivity contribution is 6.31. The highest BCUT2D eigenvalue weighted by Gasteiger charge is 2.19. The molecule has 0 spiro atoms. The van der Waals surface area contributed by atoms with Gasteiger partial charge in [-0.05, 0) is 43.1 Å². The van der Waals surface area contributed by atoms with Crippen molar-refractivity contribution in [3.05, 3.63) is 64.4 Å². The summed E-state index contributed by atoms with van der Waals surface area (Å²) in [6, 6.07) is 7.23. The van der Waals surface area contributed by atoms with Crippen LogP contribution in [0.2, 0.25) is 5.02 Å². The van der Waals surface area contributed by atoms with Gasteiger partial charge in [0, 0.05) is 6.20 Å². The van der Waals surface area contributed by atoms with Gasteiger partial charge in [-0.25, -0.2) is 8.78 Å². The number of aromatic nitrogens is 1. The molecule has 2 rings (SSSR count). The van der Waals surface area contributed by atoms with Gasteiger partial charge in [0.25, 0.3) is 0 Å². The third-order valence-electron chi connectivity index (χ3n) is 3.21. The van der Waals surface area contributed by atoms with Gasteiger partial charge in [-0.3, -0.25) is 4.98 Å². The fraction of sp³-hybridized carbons (Fsp3) is 0.312. The molecule has 112 valence electrons. The van der Waals surface area contributed by atoms with Crippen LogP contribution in [0.4, 0.5) is 8.78 Å². The van der Waals surface area contributed by atoms with Crippen LogP contribution in [0.1, 0.15) is 30.6 Å². The average Bonchev–Trinajstić information content (AvgIpc) is 2.48. The van der Waals surface area contributed by atoms with E-state index in [1.807, 2.05) is 6.92 Å². The second kappa shape index (κ2) is 7.48. The summed E-state index contributed by atoms with van der Waals surface area (Å²) in [4.78, 5) is 4.11. The number of hydrogen-bond acceptors (Lipinski definition) is 2. The molecule has 1 aromatic carbocycles. The Morgan fingerprint density at radius 2 is 1.95 bits per heavy atom. The Balaban J connectivity index is 2.28. The Kier molecular flexibility index (Phi) is 5.65. The van der Waals surface area contributed by atoms with Gasteiger partial charge in [0.05, 0.1) is 16.8 Å². The standard InChI is InChI=1S/C16H17ClF2N2/c1-2-8-20-14(16-13(19)7-4-9-21-16)10-11-5-3-6-12(18)15(11)17/h3-7,9,14,20H,2,8,10H2,1H3. The van der Waals surface area contributed by atoms with E-state index in [1.165, 1.54) is 12.1 Å². The first-order valence-electron chi connectivity index (χ1n) is 6.90. The minimum Gasteiger partial charge on any atom is -0.308 e. The van der Waals surface area contributed by atoms with E-state index in [0.29, 0.717) is 24.2 Å². The molecule has 0 radical (unpaired) electrons. The normalized spacial score (nSPS) is 12.4. The van der Waals surface area contributed by atoms with Gasteiger partial charge >= 0.3 is 0 Å². The minimum absolute atomic E-state index is 0.0807. The van der Waals surface area contributed by atoms with Gasteiger partial charge in [0.15, 0.2) is 0 Å². The predicted octanol–water partition coefficient (Wildman–Crippen LogP) is 4.30. The van der Waals surface area contributed by atoms with Crippen molar-refractivity contribution in [1.82, 2.24) is 10.3 Å². The van der Waals surface area contributed by atoms with Crippen molar-refractivity contribution in [3.63, 3.8) is 0 Å². The lowest BCUT2D eigenvalue weighted by atomic mass is 10.0. The third-order valence-corrected chi connectivity index (χ3v) is 3.64. The highest BCUT2D eigenvalue weighted by Crippen LogP contribution is 2.26. The molecule has 0 aliphatic heterocycles. The van der Waals surface area contributed by atoms with E-state index >= 15 is 0 Å². The third kappa shape index (κ3) is 3.99. The molecule has 0 amide bonds. The zero-order chi connectivity index (χ0) is 15.2. The Labute approximate surface area is 128 Å². The van der Waals surface area contributed by atoms with Crippen molar-refractivity contribution < 1.29 is 8.78 Å². The van der Waals surface area contributed by atoms with E-state index in [0.717, 1.165) is 6.42 Å². The maximum absolute atomic E-state index is 13.9. The number of nitrogens with zero attached hydrogens (tertiary/aromatic N) is 1. The first kappa shape index (κ1) is 15.9. The summed E-state index contributed by atoms with van der Waals surface area (Å²) in [5.41, 5.74) is 0.960. The lowest BCUT2D eigenvalue weighted by molar-refractivity contribution is 0.482. The first-order chi connectivity index (χ1) is 10.1. The van der Waals surface area contributed by atoms with Gasteiger partial charge in [-0.1, -0.05) is 30.7 Å². The fourth-order valence-corrected chi connectivity index (χ4v) is 2.37. The summed E-state index contributed by atoms with van der Waals surface area (Å²) in [5, 5.41) is 3.32. The Hall–Kier alpha value is -1.52. The highest BCUT2D eigenvalue weighted by atomic mass is 35.5. The van der Waals surface area contributed by atoms with Gasteiger partial charge in [0.1, 0.15) is 11.6 Å². The number of hydrogen-bond donors (Lipinski definition) is 1. The average molecular weight is 311 g/mol. The van der Waals surface area contributed by atoms with Gasteiger partial charge < -0.3 is 5.32 Å². The number of rotatable bonds is 6. The largest absolute Gasteiger partial charge is 0.308 e. The second-order valence-corrected chi connectivity index (χ2v) is 5.17. The molecule has 0 aliphatic carbocycles. The molecular formula is C16H17ClF2N2. The van der Waals surface area contributed by atoms with Crippen LogP contribution in [0.25, 0.3) is 0 Å². The zero-order valence-corrected chi connectivity index (χ0v) is 12.5. The number of halogens is 3. The van der Waals surface area contributed by atoms with Crippen LogP contribution in [0.3, 0.4) is 0 Å². The van der Waals surface area contributed by atoms with Gasteiger partial charge in [-0.2, -0.15) is 0 Å². The van der Waals surface area contributed by atoms with Crippen molar-refractivity contribution in [2.24, 2.45) is 0 Å². The summed E-state index contributed by atoms with van der Waals surface area (Å²) in [6.07, 6.45) is 2.83. The molecule has 0 fully saturated rings. The molecule has 2 nitrogen and oxygen atoms in total. The molecule has 1 unspecified atom stereocenters. The molecule has 1 aromatic heterocycles. The van der Waals surface area contributed by atoms with Gasteiger partial charge in [0.2, 0.25) is 0 Å². The van der Waals surface area contributed by atoms with Crippen LogP contribution in [0.5, 0.6) is 0 Å². The molecule has 0 bridgehead atoms. The maximum atomic E-state index is 13.9. The Morgan fingerprint density at radius 1 is 1.19 bits per heavy atom. The van der Waals surface area contributed by atoms with Crippen molar-refractivity contribution in [2.75, 3.05) is 6.54 Å². The molecule has 0 saturated heterocycles. The lowest BCUT2D eigenvalue weighted by Gasteiger charge is -2.19. The van der Waals surface area contributed by atoms with E-state index in [2.05, 4.69) is 10.3 Å². The molecule has 1 N–H and O–H groups in total. The monoisotopic (exact) mass is 310 g/mol. The molecule has 21 heavy (non-hydrogen) atoms. The van der Waals surface area contributed by atoms with Crippen molar-refractivity contribution in [2.45, 2.75) is 25.8 Å². The summed E-state index contributed by atoms with van der Waals surface area (Å²) < 4.78 is 27.5. The molecule has 2 aromatic rings. The Morgan fingerprint density at radius 3 is 2.67 bits per heavy atom. The van der Waals surface area contributed by atoms with Crippen LogP contribution >= 0.6 is 11.6 Å². The molecule has 1 heterocycles. The maximum Gasteiger partial charge on any atom is 0.146 e. The molecule has 0 saturated carbocycles. The van der Waals surface area contributed by atoms with Crippen LogP contribution in [-0.2, 0) is 6.42 Å². The summed E-state index contributed by atoms with van der Waals surface area (Å²) in [6.45, 7) is 2.74. The molecular weight excluding hydrogens is 294 g/mol. The second-order valence-electron chi connectivity index (χ2n) is 4.79. The van der Waals surface area contributed by atoms with Crippen LogP contribution in [0, 0.1) is 11.6 Å².